The summed E-state index contributed by atoms with van der Waals surface area (Å²) in [7, 11) is 0. The fourth-order valence-electron chi connectivity index (χ4n) is 0.478. The minimum absolute atomic E-state index is 1.21. The average Bonchev–Trinajstić information content (AvgIpc) is 3.09. The van der Waals surface area contributed by atoms with Gasteiger partial charge in [0, 0.05) is 11.6 Å². The molecule has 0 unspecified atom stereocenters. The predicted molar refractivity (Wildman–Crippen MR) is 58.4 cm³/mol. The SMILES string of the molecule is c1cn[nH]n1.c1cnsn1.c1cscn1. The Kier molecular flexibility index (Phi) is 6.77. The summed E-state index contributed by atoms with van der Waals surface area (Å²) in [6.07, 6.45) is 8.25. The van der Waals surface area contributed by atoms with E-state index in [2.05, 4.69) is 29.1 Å². The first-order valence-electron chi connectivity index (χ1n) is 3.83. The lowest BCUT2D eigenvalue weighted by atomic mass is 11.0. The summed E-state index contributed by atoms with van der Waals surface area (Å²) in [5, 5.41) is 11.3. The predicted octanol–water partition coefficient (Wildman–Crippen LogP) is 1.49. The number of nitrogens with one attached hydrogen (secondary N) is 1. The minimum Gasteiger partial charge on any atom is -0.253 e. The number of nitrogens with zero attached hydrogens (tertiary/aromatic N) is 5. The molecule has 1 N–H and O–H groups in total. The van der Waals surface area contributed by atoms with Crippen molar-refractivity contribution in [1.29, 1.82) is 0 Å². The van der Waals surface area contributed by atoms with Crippen LogP contribution in [-0.4, -0.2) is 29.1 Å². The molecule has 0 spiro atoms. The van der Waals surface area contributed by atoms with Crippen LogP contribution in [0.3, 0.4) is 0 Å². The molecule has 0 radical (unpaired) electrons. The van der Waals surface area contributed by atoms with Crippen LogP contribution in [0, 0.1) is 0 Å². The summed E-state index contributed by atoms with van der Waals surface area (Å²) in [5.41, 5.74) is 1.79. The average molecular weight is 240 g/mol. The molecule has 0 amide bonds. The summed E-state index contributed by atoms with van der Waals surface area (Å²) >= 11 is 2.81. The first-order valence-corrected chi connectivity index (χ1v) is 5.51. The second-order valence-electron chi connectivity index (χ2n) is 1.92. The van der Waals surface area contributed by atoms with Crippen LogP contribution in [0.1, 0.15) is 0 Å². The molecule has 0 atom stereocenters. The van der Waals surface area contributed by atoms with Crippen molar-refractivity contribution in [2.75, 3.05) is 0 Å². The van der Waals surface area contributed by atoms with E-state index in [9.17, 15) is 0 Å². The molecule has 3 heterocycles. The van der Waals surface area contributed by atoms with E-state index in [0.29, 0.717) is 0 Å². The van der Waals surface area contributed by atoms with Crippen LogP contribution in [0.25, 0.3) is 0 Å². The van der Waals surface area contributed by atoms with Crippen molar-refractivity contribution < 1.29 is 0 Å². The highest BCUT2D eigenvalue weighted by Crippen LogP contribution is 1.85. The topological polar surface area (TPSA) is 80.2 Å². The first kappa shape index (κ1) is 11.4. The van der Waals surface area contributed by atoms with E-state index in [1.807, 2.05) is 5.38 Å². The van der Waals surface area contributed by atoms with Crippen molar-refractivity contribution in [3.05, 3.63) is 41.9 Å². The summed E-state index contributed by atoms with van der Waals surface area (Å²) in [5.74, 6) is 0. The largest absolute Gasteiger partial charge is 0.253 e. The monoisotopic (exact) mass is 240 g/mol. The van der Waals surface area contributed by atoms with Crippen molar-refractivity contribution >= 4 is 23.1 Å². The number of rotatable bonds is 0. The molecule has 8 heteroatoms. The van der Waals surface area contributed by atoms with Gasteiger partial charge < -0.3 is 0 Å². The van der Waals surface area contributed by atoms with E-state index < -0.39 is 0 Å². The van der Waals surface area contributed by atoms with Gasteiger partial charge in [-0.3, -0.25) is 4.98 Å². The molecular formula is C7H8N6S2. The fraction of sp³-hybridized carbons (Fsp3) is 0. The molecule has 0 aliphatic heterocycles. The second kappa shape index (κ2) is 8.91. The molecule has 0 saturated heterocycles. The second-order valence-corrected chi connectivity index (χ2v) is 3.26. The Bertz CT molecular complexity index is 253. The number of hydrogen-bond donors (Lipinski definition) is 1. The number of hydrogen-bond acceptors (Lipinski definition) is 7. The van der Waals surface area contributed by atoms with Crippen LogP contribution >= 0.6 is 23.1 Å². The van der Waals surface area contributed by atoms with Crippen molar-refractivity contribution in [1.82, 2.24) is 29.1 Å². The number of aromatic amines is 1. The van der Waals surface area contributed by atoms with Gasteiger partial charge in [0.25, 0.3) is 0 Å². The smallest absolute Gasteiger partial charge is 0.0791 e. The maximum atomic E-state index is 3.74. The Balaban J connectivity index is 0.000000112. The van der Waals surface area contributed by atoms with Gasteiger partial charge in [-0.15, -0.1) is 11.3 Å². The Morgan fingerprint density at radius 2 is 1.60 bits per heavy atom. The van der Waals surface area contributed by atoms with Gasteiger partial charge in [-0.25, -0.2) is 0 Å². The molecule has 0 aliphatic rings. The molecule has 3 aromatic heterocycles. The number of thiazole rings is 1. The zero-order chi connectivity index (χ0) is 10.6. The van der Waals surface area contributed by atoms with E-state index in [1.165, 1.54) is 11.7 Å². The van der Waals surface area contributed by atoms with Gasteiger partial charge in [-0.05, 0) is 0 Å². The Morgan fingerprint density at radius 3 is 1.80 bits per heavy atom. The van der Waals surface area contributed by atoms with E-state index in [0.717, 1.165) is 0 Å². The van der Waals surface area contributed by atoms with Gasteiger partial charge in [0.1, 0.15) is 0 Å². The summed E-state index contributed by atoms with van der Waals surface area (Å²) in [6.45, 7) is 0. The maximum absolute atomic E-state index is 3.74. The van der Waals surface area contributed by atoms with E-state index in [-0.39, 0.29) is 0 Å². The Labute approximate surface area is 94.4 Å². The van der Waals surface area contributed by atoms with Crippen LogP contribution in [0.2, 0.25) is 0 Å². The third-order valence-electron chi connectivity index (χ3n) is 0.961. The van der Waals surface area contributed by atoms with E-state index >= 15 is 0 Å². The number of aromatic nitrogens is 6. The number of H-pyrrole nitrogens is 1. The third-order valence-corrected chi connectivity index (χ3v) is 1.92. The minimum atomic E-state index is 1.21. The lowest BCUT2D eigenvalue weighted by molar-refractivity contribution is 0.940. The van der Waals surface area contributed by atoms with Crippen molar-refractivity contribution in [2.45, 2.75) is 0 Å². The van der Waals surface area contributed by atoms with Crippen molar-refractivity contribution in [3.63, 3.8) is 0 Å². The molecular weight excluding hydrogens is 232 g/mol. The van der Waals surface area contributed by atoms with Crippen molar-refractivity contribution in [3.8, 4) is 0 Å². The maximum Gasteiger partial charge on any atom is 0.0791 e. The van der Waals surface area contributed by atoms with Crippen LogP contribution < -0.4 is 0 Å². The summed E-state index contributed by atoms with van der Waals surface area (Å²) < 4.78 is 7.31. The first-order chi connectivity index (χ1) is 7.50. The molecule has 6 nitrogen and oxygen atoms in total. The summed E-state index contributed by atoms with van der Waals surface area (Å²) in [4.78, 5) is 3.74. The molecule has 0 saturated carbocycles. The normalized spacial score (nSPS) is 8.00. The Morgan fingerprint density at radius 1 is 0.867 bits per heavy atom. The molecule has 0 bridgehead atoms. The molecule has 78 valence electrons. The quantitative estimate of drug-likeness (QED) is 0.644. The molecule has 3 rings (SSSR count). The van der Waals surface area contributed by atoms with Gasteiger partial charge in [0.05, 0.1) is 42.0 Å². The highest BCUT2D eigenvalue weighted by Gasteiger charge is 1.61. The molecule has 0 aliphatic carbocycles. The fourth-order valence-corrected chi connectivity index (χ4v) is 1.10. The van der Waals surface area contributed by atoms with Crippen molar-refractivity contribution in [2.24, 2.45) is 0 Å². The van der Waals surface area contributed by atoms with Crippen LogP contribution in [0.5, 0.6) is 0 Å². The third kappa shape index (κ3) is 7.40. The van der Waals surface area contributed by atoms with E-state index in [4.69, 9.17) is 0 Å². The lowest BCUT2D eigenvalue weighted by Gasteiger charge is -1.48. The summed E-state index contributed by atoms with van der Waals surface area (Å²) in [6, 6.07) is 0. The van der Waals surface area contributed by atoms with Crippen LogP contribution in [-0.2, 0) is 0 Å². The molecule has 0 aromatic carbocycles. The van der Waals surface area contributed by atoms with Crippen LogP contribution in [0.4, 0.5) is 0 Å². The van der Waals surface area contributed by atoms with E-state index in [1.54, 1.807) is 47.8 Å². The van der Waals surface area contributed by atoms with Gasteiger partial charge in [0.2, 0.25) is 0 Å². The lowest BCUT2D eigenvalue weighted by Crippen LogP contribution is -1.61. The molecule has 15 heavy (non-hydrogen) atoms. The molecule has 0 fully saturated rings. The van der Waals surface area contributed by atoms with Gasteiger partial charge in [0.15, 0.2) is 0 Å². The van der Waals surface area contributed by atoms with Gasteiger partial charge in [-0.2, -0.15) is 24.2 Å². The van der Waals surface area contributed by atoms with Crippen LogP contribution in [0.15, 0.2) is 41.9 Å². The highest BCUT2D eigenvalue weighted by atomic mass is 32.1. The molecule has 3 aromatic rings. The zero-order valence-corrected chi connectivity index (χ0v) is 9.23. The van der Waals surface area contributed by atoms with Gasteiger partial charge in [-0.1, -0.05) is 0 Å². The Hall–Kier alpha value is -1.67. The zero-order valence-electron chi connectivity index (χ0n) is 7.59. The van der Waals surface area contributed by atoms with Gasteiger partial charge >= 0.3 is 0 Å². The highest BCUT2D eigenvalue weighted by molar-refractivity contribution is 7.07. The standard InChI is InChI=1S/C3H3NS.C2H3N3.C2H2N2S/c1-2-5-3-4-1;2*1-2-4-5-3-1/h1-3H;1-2H,(H,3,4,5);1-2H.